The number of allylic oxidation sites excluding steroid dienone is 13. The van der Waals surface area contributed by atoms with Gasteiger partial charge in [0, 0.05) is 12.8 Å². The highest BCUT2D eigenvalue weighted by molar-refractivity contribution is 5.72. The molecule has 0 radical (unpaired) electrons. The van der Waals surface area contributed by atoms with E-state index in [2.05, 4.69) is 93.7 Å². The lowest BCUT2D eigenvalue weighted by atomic mass is 10.0. The van der Waals surface area contributed by atoms with E-state index < -0.39 is 12.1 Å². The summed E-state index contributed by atoms with van der Waals surface area (Å²) < 4.78 is 16.6. The first kappa shape index (κ1) is 58.6. The van der Waals surface area contributed by atoms with Crippen molar-refractivity contribution in [3.8, 4) is 0 Å². The third-order valence-corrected chi connectivity index (χ3v) is 10.7. The minimum atomic E-state index is -0.826. The standard InChI is InChI=1S/C56H94O6/c1-4-7-10-13-16-19-21-23-25-27-28-29-31-32-34-37-40-43-46-49-55(58)61-52-53(51-60-54(57)48-45-42-39-36-18-15-12-9-6-3)62-56(59)50-47-44-41-38-35-33-30-26-24-22-20-17-14-11-8-5-2/h8-9,11-12,17-18,20,24,26,33,35-36,42,45,53H,4-7,10,13-16,19,21-23,25,27-32,34,37-41,43-44,46-52H2,1-3H3/b11-8-,12-9-,20-17-,26-24-,35-33-,36-18-,45-42-. The normalized spacial score (nSPS) is 12.8. The number of hydrogen-bond donors (Lipinski definition) is 0. The van der Waals surface area contributed by atoms with Gasteiger partial charge in [-0.1, -0.05) is 228 Å². The second-order valence-electron chi connectivity index (χ2n) is 16.7. The van der Waals surface area contributed by atoms with Gasteiger partial charge in [-0.2, -0.15) is 0 Å². The molecule has 354 valence electrons. The Morgan fingerprint density at radius 1 is 0.355 bits per heavy atom. The fourth-order valence-corrected chi connectivity index (χ4v) is 6.91. The first-order chi connectivity index (χ1) is 30.5. The van der Waals surface area contributed by atoms with Crippen molar-refractivity contribution in [1.82, 2.24) is 0 Å². The smallest absolute Gasteiger partial charge is 0.309 e. The monoisotopic (exact) mass is 863 g/mol. The molecule has 0 fully saturated rings. The van der Waals surface area contributed by atoms with Crippen molar-refractivity contribution in [2.75, 3.05) is 13.2 Å². The van der Waals surface area contributed by atoms with E-state index in [0.29, 0.717) is 12.8 Å². The number of carbonyl (C=O) groups is 3. The molecule has 0 heterocycles. The Morgan fingerprint density at radius 2 is 0.694 bits per heavy atom. The van der Waals surface area contributed by atoms with Crippen molar-refractivity contribution >= 4 is 17.9 Å². The number of ether oxygens (including phenoxy) is 3. The Bertz CT molecular complexity index is 1220. The summed E-state index contributed by atoms with van der Waals surface area (Å²) in [5.41, 5.74) is 0. The van der Waals surface area contributed by atoms with E-state index in [1.807, 2.05) is 6.08 Å². The van der Waals surface area contributed by atoms with Crippen LogP contribution in [0, 0.1) is 0 Å². The molecule has 6 heteroatoms. The first-order valence-electron chi connectivity index (χ1n) is 25.6. The lowest BCUT2D eigenvalue weighted by Gasteiger charge is -2.18. The second kappa shape index (κ2) is 50.2. The molecular weight excluding hydrogens is 769 g/mol. The molecule has 0 amide bonds. The van der Waals surface area contributed by atoms with Crippen LogP contribution in [0.5, 0.6) is 0 Å². The van der Waals surface area contributed by atoms with E-state index in [-0.39, 0.29) is 38.0 Å². The number of rotatable bonds is 45. The minimum Gasteiger partial charge on any atom is -0.462 e. The maximum Gasteiger partial charge on any atom is 0.309 e. The highest BCUT2D eigenvalue weighted by Gasteiger charge is 2.19. The molecule has 62 heavy (non-hydrogen) atoms. The molecule has 0 spiro atoms. The van der Waals surface area contributed by atoms with Crippen LogP contribution in [-0.2, 0) is 28.6 Å². The van der Waals surface area contributed by atoms with Crippen LogP contribution >= 0.6 is 0 Å². The number of hydrogen-bond acceptors (Lipinski definition) is 6. The Balaban J connectivity index is 4.38. The van der Waals surface area contributed by atoms with E-state index in [9.17, 15) is 14.4 Å². The van der Waals surface area contributed by atoms with Gasteiger partial charge in [0.2, 0.25) is 0 Å². The largest absolute Gasteiger partial charge is 0.462 e. The van der Waals surface area contributed by atoms with Gasteiger partial charge in [-0.25, -0.2) is 0 Å². The molecule has 0 aliphatic heterocycles. The number of esters is 3. The molecular formula is C56H94O6. The Labute approximate surface area is 382 Å². The van der Waals surface area contributed by atoms with Crippen molar-refractivity contribution in [2.24, 2.45) is 0 Å². The molecule has 0 aliphatic rings. The van der Waals surface area contributed by atoms with Crippen molar-refractivity contribution in [3.05, 3.63) is 85.1 Å². The molecule has 1 atom stereocenters. The summed E-state index contributed by atoms with van der Waals surface area (Å²) in [5, 5.41) is 0. The maximum atomic E-state index is 12.8. The summed E-state index contributed by atoms with van der Waals surface area (Å²) >= 11 is 0. The van der Waals surface area contributed by atoms with Crippen LogP contribution in [-0.4, -0.2) is 37.2 Å². The predicted molar refractivity (Wildman–Crippen MR) is 265 cm³/mol. The fourth-order valence-electron chi connectivity index (χ4n) is 6.91. The Kier molecular flexibility index (Phi) is 47.5. The summed E-state index contributed by atoms with van der Waals surface area (Å²) in [6.45, 7) is 6.29. The van der Waals surface area contributed by atoms with Crippen LogP contribution in [0.2, 0.25) is 0 Å². The molecule has 0 N–H and O–H groups in total. The summed E-state index contributed by atoms with van der Waals surface area (Å²) in [6.07, 6.45) is 64.7. The molecule has 0 aliphatic carbocycles. The van der Waals surface area contributed by atoms with Gasteiger partial charge in [-0.3, -0.25) is 14.4 Å². The topological polar surface area (TPSA) is 78.9 Å². The van der Waals surface area contributed by atoms with E-state index in [1.54, 1.807) is 6.08 Å². The number of unbranched alkanes of at least 4 members (excludes halogenated alkanes) is 21. The number of carbonyl (C=O) groups excluding carboxylic acids is 3. The van der Waals surface area contributed by atoms with E-state index in [4.69, 9.17) is 14.2 Å². The highest BCUT2D eigenvalue weighted by atomic mass is 16.6. The first-order valence-corrected chi connectivity index (χ1v) is 25.6. The van der Waals surface area contributed by atoms with Crippen molar-refractivity contribution in [2.45, 2.75) is 239 Å². The molecule has 1 unspecified atom stereocenters. The molecule has 0 aromatic rings. The molecule has 0 saturated heterocycles. The SMILES string of the molecule is CC/C=C\C/C=C\C/C=C\C/C=C\CCCCCC(=O)OC(COC(=O)C/C=C\C/C=C\C/C=C\CC)COC(=O)CCCCCCCCCCCCCCCCCCCCC. The summed E-state index contributed by atoms with van der Waals surface area (Å²) in [5.74, 6) is -1.08. The molecule has 0 rings (SSSR count). The zero-order chi connectivity index (χ0) is 45.1. The van der Waals surface area contributed by atoms with Gasteiger partial charge in [0.1, 0.15) is 13.2 Å². The van der Waals surface area contributed by atoms with Crippen LogP contribution in [0.1, 0.15) is 233 Å². The summed E-state index contributed by atoms with van der Waals surface area (Å²) in [4.78, 5) is 37.8. The van der Waals surface area contributed by atoms with Gasteiger partial charge in [0.15, 0.2) is 6.10 Å². The van der Waals surface area contributed by atoms with Crippen molar-refractivity contribution in [1.29, 1.82) is 0 Å². The zero-order valence-corrected chi connectivity index (χ0v) is 40.4. The fraction of sp³-hybridized carbons (Fsp3) is 0.696. The average Bonchev–Trinajstić information content (AvgIpc) is 3.27. The second-order valence-corrected chi connectivity index (χ2v) is 16.7. The maximum absolute atomic E-state index is 12.8. The Morgan fingerprint density at radius 3 is 1.13 bits per heavy atom. The highest BCUT2D eigenvalue weighted by Crippen LogP contribution is 2.15. The van der Waals surface area contributed by atoms with Gasteiger partial charge in [-0.15, -0.1) is 0 Å². The molecule has 0 bridgehead atoms. The molecule has 0 aromatic heterocycles. The van der Waals surface area contributed by atoms with Gasteiger partial charge in [0.25, 0.3) is 0 Å². The van der Waals surface area contributed by atoms with E-state index in [1.165, 1.54) is 103 Å². The van der Waals surface area contributed by atoms with Crippen LogP contribution in [0.25, 0.3) is 0 Å². The van der Waals surface area contributed by atoms with Crippen LogP contribution in [0.15, 0.2) is 85.1 Å². The van der Waals surface area contributed by atoms with Gasteiger partial charge >= 0.3 is 17.9 Å². The van der Waals surface area contributed by atoms with Crippen molar-refractivity contribution < 1.29 is 28.6 Å². The van der Waals surface area contributed by atoms with E-state index >= 15 is 0 Å². The molecule has 6 nitrogen and oxygen atoms in total. The van der Waals surface area contributed by atoms with Crippen molar-refractivity contribution in [3.63, 3.8) is 0 Å². The minimum absolute atomic E-state index is 0.115. The average molecular weight is 863 g/mol. The quantitative estimate of drug-likeness (QED) is 0.0263. The molecule has 0 aromatic carbocycles. The van der Waals surface area contributed by atoms with Crippen LogP contribution in [0.3, 0.4) is 0 Å². The zero-order valence-electron chi connectivity index (χ0n) is 40.4. The summed E-state index contributed by atoms with van der Waals surface area (Å²) in [7, 11) is 0. The van der Waals surface area contributed by atoms with Gasteiger partial charge in [0.05, 0.1) is 6.42 Å². The van der Waals surface area contributed by atoms with Crippen LogP contribution < -0.4 is 0 Å². The van der Waals surface area contributed by atoms with Gasteiger partial charge in [-0.05, 0) is 70.6 Å². The van der Waals surface area contributed by atoms with E-state index in [0.717, 1.165) is 83.5 Å². The lowest BCUT2D eigenvalue weighted by Crippen LogP contribution is -2.30. The third kappa shape index (κ3) is 47.6. The summed E-state index contributed by atoms with van der Waals surface area (Å²) in [6, 6.07) is 0. The molecule has 0 saturated carbocycles. The van der Waals surface area contributed by atoms with Gasteiger partial charge < -0.3 is 14.2 Å². The lowest BCUT2D eigenvalue weighted by molar-refractivity contribution is -0.166. The third-order valence-electron chi connectivity index (χ3n) is 10.7. The van der Waals surface area contributed by atoms with Crippen LogP contribution in [0.4, 0.5) is 0 Å². The predicted octanol–water partition coefficient (Wildman–Crippen LogP) is 16.8. The Hall–Kier alpha value is -3.41.